The van der Waals surface area contributed by atoms with Crippen molar-refractivity contribution in [2.75, 3.05) is 19.0 Å². The summed E-state index contributed by atoms with van der Waals surface area (Å²) in [5, 5.41) is 0. The minimum Gasteiger partial charge on any atom is -0.381 e. The molecule has 1 unspecified atom stereocenters. The maximum atomic E-state index is 12.9. The quantitative estimate of drug-likeness (QED) is 0.794. The molecule has 1 atom stereocenters. The molecule has 6 heteroatoms. The van der Waals surface area contributed by atoms with Gasteiger partial charge in [-0.2, -0.15) is 0 Å². The lowest BCUT2D eigenvalue weighted by atomic mass is 10.1. The third kappa shape index (κ3) is 3.30. The van der Waals surface area contributed by atoms with E-state index in [0.717, 1.165) is 12.5 Å². The SMILES string of the molecule is O=S(=O)(CCC1CCOC1)c1ccc(F)cc1Br. The van der Waals surface area contributed by atoms with Gasteiger partial charge in [0.25, 0.3) is 0 Å². The van der Waals surface area contributed by atoms with Gasteiger partial charge in [0.15, 0.2) is 9.84 Å². The molecule has 0 bridgehead atoms. The Labute approximate surface area is 114 Å². The van der Waals surface area contributed by atoms with Crippen molar-refractivity contribution in [3.63, 3.8) is 0 Å². The van der Waals surface area contributed by atoms with Crippen LogP contribution in [-0.2, 0) is 14.6 Å². The van der Waals surface area contributed by atoms with Gasteiger partial charge in [-0.1, -0.05) is 0 Å². The predicted octanol–water partition coefficient (Wildman–Crippen LogP) is 2.79. The first-order chi connectivity index (χ1) is 8.49. The Morgan fingerprint density at radius 3 is 2.83 bits per heavy atom. The van der Waals surface area contributed by atoms with Crippen LogP contribution >= 0.6 is 15.9 Å². The summed E-state index contributed by atoms with van der Waals surface area (Å²) in [7, 11) is -3.36. The molecular weight excluding hydrogens is 323 g/mol. The number of ether oxygens (including phenoxy) is 1. The molecule has 0 N–H and O–H groups in total. The average Bonchev–Trinajstić information content (AvgIpc) is 2.78. The van der Waals surface area contributed by atoms with Gasteiger partial charge >= 0.3 is 0 Å². The van der Waals surface area contributed by atoms with E-state index < -0.39 is 15.7 Å². The number of hydrogen-bond acceptors (Lipinski definition) is 3. The number of rotatable bonds is 4. The molecule has 18 heavy (non-hydrogen) atoms. The molecule has 1 saturated heterocycles. The van der Waals surface area contributed by atoms with Crippen molar-refractivity contribution >= 4 is 25.8 Å². The van der Waals surface area contributed by atoms with E-state index in [0.29, 0.717) is 25.6 Å². The monoisotopic (exact) mass is 336 g/mol. The second kappa shape index (κ2) is 5.67. The summed E-state index contributed by atoms with van der Waals surface area (Å²) in [4.78, 5) is 0.155. The molecule has 0 radical (unpaired) electrons. The topological polar surface area (TPSA) is 43.4 Å². The van der Waals surface area contributed by atoms with Gasteiger partial charge in [0, 0.05) is 17.7 Å². The average molecular weight is 337 g/mol. The van der Waals surface area contributed by atoms with Gasteiger partial charge in [-0.05, 0) is 52.9 Å². The Morgan fingerprint density at radius 2 is 2.22 bits per heavy atom. The zero-order valence-electron chi connectivity index (χ0n) is 9.73. The Bertz CT molecular complexity index is 524. The summed E-state index contributed by atoms with van der Waals surface area (Å²) in [5.74, 6) is -0.0605. The molecule has 0 saturated carbocycles. The highest BCUT2D eigenvalue weighted by atomic mass is 79.9. The van der Waals surface area contributed by atoms with E-state index in [1.807, 2.05) is 0 Å². The molecule has 1 fully saturated rings. The molecule has 1 heterocycles. The van der Waals surface area contributed by atoms with Gasteiger partial charge in [-0.25, -0.2) is 12.8 Å². The second-order valence-electron chi connectivity index (χ2n) is 4.41. The molecule has 0 aliphatic carbocycles. The number of sulfone groups is 1. The highest BCUT2D eigenvalue weighted by molar-refractivity contribution is 9.10. The molecule has 1 aliphatic heterocycles. The third-order valence-corrected chi connectivity index (χ3v) is 5.77. The largest absolute Gasteiger partial charge is 0.381 e. The number of benzene rings is 1. The molecule has 0 aromatic heterocycles. The smallest absolute Gasteiger partial charge is 0.179 e. The van der Waals surface area contributed by atoms with Crippen LogP contribution in [0.15, 0.2) is 27.6 Å². The van der Waals surface area contributed by atoms with E-state index in [-0.39, 0.29) is 15.1 Å². The normalized spacial score (nSPS) is 20.2. The lowest BCUT2D eigenvalue weighted by Gasteiger charge is -2.09. The lowest BCUT2D eigenvalue weighted by Crippen LogP contribution is -2.12. The molecule has 1 aromatic carbocycles. The number of hydrogen-bond donors (Lipinski definition) is 0. The van der Waals surface area contributed by atoms with Crippen LogP contribution in [0, 0.1) is 11.7 Å². The summed E-state index contributed by atoms with van der Waals surface area (Å²) >= 11 is 3.09. The Morgan fingerprint density at radius 1 is 1.44 bits per heavy atom. The van der Waals surface area contributed by atoms with Gasteiger partial charge in [0.05, 0.1) is 10.6 Å². The van der Waals surface area contributed by atoms with E-state index in [2.05, 4.69) is 15.9 Å². The summed E-state index contributed by atoms with van der Waals surface area (Å²) < 4.78 is 42.7. The van der Waals surface area contributed by atoms with Gasteiger partial charge in [0.1, 0.15) is 5.82 Å². The van der Waals surface area contributed by atoms with Crippen molar-refractivity contribution in [1.82, 2.24) is 0 Å². The highest BCUT2D eigenvalue weighted by Gasteiger charge is 2.22. The van der Waals surface area contributed by atoms with Crippen LogP contribution < -0.4 is 0 Å². The first-order valence-corrected chi connectivity index (χ1v) is 8.19. The van der Waals surface area contributed by atoms with Crippen LogP contribution in [0.1, 0.15) is 12.8 Å². The fourth-order valence-electron chi connectivity index (χ4n) is 1.97. The van der Waals surface area contributed by atoms with Gasteiger partial charge in [-0.15, -0.1) is 0 Å². The fraction of sp³-hybridized carbons (Fsp3) is 0.500. The van der Waals surface area contributed by atoms with E-state index in [1.165, 1.54) is 12.1 Å². The van der Waals surface area contributed by atoms with Crippen molar-refractivity contribution in [3.8, 4) is 0 Å². The van der Waals surface area contributed by atoms with Gasteiger partial charge in [0.2, 0.25) is 0 Å². The standard InChI is InChI=1S/C12H14BrFO3S/c13-11-7-10(14)1-2-12(11)18(15,16)6-4-9-3-5-17-8-9/h1-2,7,9H,3-6,8H2. The molecule has 3 nitrogen and oxygen atoms in total. The fourth-order valence-corrected chi connectivity index (χ4v) is 4.56. The maximum absolute atomic E-state index is 12.9. The van der Waals surface area contributed by atoms with E-state index >= 15 is 0 Å². The van der Waals surface area contributed by atoms with Crippen LogP contribution in [0.2, 0.25) is 0 Å². The van der Waals surface area contributed by atoms with Crippen molar-refractivity contribution < 1.29 is 17.5 Å². The Kier molecular flexibility index (Phi) is 4.40. The molecule has 1 aliphatic rings. The molecular formula is C12H14BrFO3S. The van der Waals surface area contributed by atoms with Crippen LogP contribution in [-0.4, -0.2) is 27.4 Å². The minimum atomic E-state index is -3.36. The van der Waals surface area contributed by atoms with Crippen molar-refractivity contribution in [1.29, 1.82) is 0 Å². The van der Waals surface area contributed by atoms with Crippen molar-refractivity contribution in [3.05, 3.63) is 28.5 Å². The van der Waals surface area contributed by atoms with E-state index in [9.17, 15) is 12.8 Å². The highest BCUT2D eigenvalue weighted by Crippen LogP contribution is 2.26. The van der Waals surface area contributed by atoms with Crippen LogP contribution in [0.5, 0.6) is 0 Å². The predicted molar refractivity (Wildman–Crippen MR) is 69.7 cm³/mol. The summed E-state index contributed by atoms with van der Waals surface area (Å²) in [6.07, 6.45) is 1.51. The molecule has 1 aromatic rings. The minimum absolute atomic E-state index is 0.0747. The molecule has 100 valence electrons. The Balaban J connectivity index is 2.09. The number of halogens is 2. The molecule has 0 spiro atoms. The zero-order chi connectivity index (χ0) is 13.2. The molecule has 0 amide bonds. The summed E-state index contributed by atoms with van der Waals surface area (Å²) in [6.45, 7) is 1.35. The first-order valence-electron chi connectivity index (χ1n) is 5.74. The van der Waals surface area contributed by atoms with E-state index in [1.54, 1.807) is 0 Å². The Hall–Kier alpha value is -0.460. The summed E-state index contributed by atoms with van der Waals surface area (Å²) in [6, 6.07) is 3.64. The van der Waals surface area contributed by atoms with Crippen molar-refractivity contribution in [2.24, 2.45) is 5.92 Å². The van der Waals surface area contributed by atoms with Crippen molar-refractivity contribution in [2.45, 2.75) is 17.7 Å². The third-order valence-electron chi connectivity index (χ3n) is 3.05. The first kappa shape index (κ1) is 14.0. The van der Waals surface area contributed by atoms with E-state index in [4.69, 9.17) is 4.74 Å². The van der Waals surface area contributed by atoms with Gasteiger partial charge < -0.3 is 4.74 Å². The van der Waals surface area contributed by atoms with Crippen LogP contribution in [0.3, 0.4) is 0 Å². The maximum Gasteiger partial charge on any atom is 0.179 e. The van der Waals surface area contributed by atoms with Gasteiger partial charge in [-0.3, -0.25) is 0 Å². The zero-order valence-corrected chi connectivity index (χ0v) is 12.1. The van der Waals surface area contributed by atoms with Crippen LogP contribution in [0.4, 0.5) is 4.39 Å². The lowest BCUT2D eigenvalue weighted by molar-refractivity contribution is 0.185. The molecule has 2 rings (SSSR count). The van der Waals surface area contributed by atoms with Crippen LogP contribution in [0.25, 0.3) is 0 Å². The summed E-state index contributed by atoms with van der Waals surface area (Å²) in [5.41, 5.74) is 0. The second-order valence-corrected chi connectivity index (χ2v) is 7.34.